The van der Waals surface area contributed by atoms with E-state index in [1.54, 1.807) is 20.8 Å². The zero-order valence-electron chi connectivity index (χ0n) is 13.6. The molecular weight excluding hydrogens is 321 g/mol. The van der Waals surface area contributed by atoms with E-state index in [9.17, 15) is 17.6 Å². The molecule has 2 rings (SSSR count). The molecule has 5 nitrogen and oxygen atoms in total. The normalized spacial score (nSPS) is 17.9. The Labute approximate surface area is 136 Å². The summed E-state index contributed by atoms with van der Waals surface area (Å²) in [6.45, 7) is 6.03. The summed E-state index contributed by atoms with van der Waals surface area (Å²) in [5.74, 6) is -0.801. The molecule has 1 fully saturated rings. The number of carbonyl (C=O) groups is 1. The molecule has 0 atom stereocenters. The molecule has 0 aromatic heterocycles. The zero-order valence-corrected chi connectivity index (χ0v) is 14.4. The van der Waals surface area contributed by atoms with Gasteiger partial charge in [-0.25, -0.2) is 17.6 Å². The molecule has 0 amide bonds. The van der Waals surface area contributed by atoms with Gasteiger partial charge in [0.05, 0.1) is 15.6 Å². The Morgan fingerprint density at radius 1 is 1.17 bits per heavy atom. The van der Waals surface area contributed by atoms with Gasteiger partial charge < -0.3 is 4.84 Å². The van der Waals surface area contributed by atoms with E-state index >= 15 is 0 Å². The van der Waals surface area contributed by atoms with E-state index in [1.807, 2.05) is 0 Å². The van der Waals surface area contributed by atoms with Crippen molar-refractivity contribution >= 4 is 15.8 Å². The van der Waals surface area contributed by atoms with E-state index in [2.05, 4.69) is 0 Å². The van der Waals surface area contributed by atoms with Crippen LogP contribution >= 0.6 is 0 Å². The van der Waals surface area contributed by atoms with Crippen LogP contribution in [-0.2, 0) is 19.5 Å². The molecule has 1 aliphatic heterocycles. The summed E-state index contributed by atoms with van der Waals surface area (Å²) >= 11 is 0. The van der Waals surface area contributed by atoms with Crippen LogP contribution in [0.1, 0.15) is 33.6 Å². The van der Waals surface area contributed by atoms with Crippen molar-refractivity contribution in [3.8, 4) is 0 Å². The lowest BCUT2D eigenvalue weighted by atomic mass is 9.98. The fourth-order valence-corrected chi connectivity index (χ4v) is 4.04. The highest BCUT2D eigenvalue weighted by Gasteiger charge is 2.34. The van der Waals surface area contributed by atoms with Gasteiger partial charge in [-0.2, -0.15) is 0 Å². The predicted molar refractivity (Wildman–Crippen MR) is 83.7 cm³/mol. The first-order valence-electron chi connectivity index (χ1n) is 7.57. The highest BCUT2D eigenvalue weighted by atomic mass is 32.2. The minimum atomic E-state index is -3.49. The van der Waals surface area contributed by atoms with Gasteiger partial charge in [-0.1, -0.05) is 0 Å². The summed E-state index contributed by atoms with van der Waals surface area (Å²) < 4.78 is 38.0. The van der Waals surface area contributed by atoms with Crippen LogP contribution in [0.4, 0.5) is 4.39 Å². The summed E-state index contributed by atoms with van der Waals surface area (Å²) in [6, 6.07) is 4.87. The van der Waals surface area contributed by atoms with E-state index in [1.165, 1.54) is 17.2 Å². The number of hydrogen-bond acceptors (Lipinski definition) is 5. The van der Waals surface area contributed by atoms with Gasteiger partial charge >= 0.3 is 5.97 Å². The first-order chi connectivity index (χ1) is 10.6. The second kappa shape index (κ2) is 6.57. The van der Waals surface area contributed by atoms with Gasteiger partial charge in [0.25, 0.3) is 0 Å². The van der Waals surface area contributed by atoms with E-state index in [4.69, 9.17) is 4.84 Å². The summed E-state index contributed by atoms with van der Waals surface area (Å²) in [6.07, 6.45) is 0.744. The molecule has 0 spiro atoms. The third kappa shape index (κ3) is 4.29. The van der Waals surface area contributed by atoms with Gasteiger partial charge in [0.1, 0.15) is 5.82 Å². The highest BCUT2D eigenvalue weighted by molar-refractivity contribution is 7.92. The number of hydrogen-bond donors (Lipinski definition) is 0. The first kappa shape index (κ1) is 17.9. The number of hydroxylamine groups is 2. The fourth-order valence-electron chi connectivity index (χ4n) is 2.30. The maximum atomic E-state index is 12.9. The van der Waals surface area contributed by atoms with Crippen molar-refractivity contribution in [3.63, 3.8) is 0 Å². The quantitative estimate of drug-likeness (QED) is 0.789. The molecule has 0 aliphatic carbocycles. The summed E-state index contributed by atoms with van der Waals surface area (Å²) in [7, 11) is -3.49. The zero-order chi connectivity index (χ0) is 17.3. The van der Waals surface area contributed by atoms with Gasteiger partial charge in [0.15, 0.2) is 9.84 Å². The van der Waals surface area contributed by atoms with Crippen molar-refractivity contribution in [1.82, 2.24) is 5.06 Å². The number of carbonyl (C=O) groups excluding carboxylic acids is 1. The van der Waals surface area contributed by atoms with Crippen LogP contribution < -0.4 is 0 Å². The first-order valence-corrected chi connectivity index (χ1v) is 9.12. The Balaban J connectivity index is 1.98. The van der Waals surface area contributed by atoms with Gasteiger partial charge in [0, 0.05) is 13.1 Å². The van der Waals surface area contributed by atoms with Gasteiger partial charge in [-0.05, 0) is 57.9 Å². The van der Waals surface area contributed by atoms with Gasteiger partial charge in [-0.15, -0.1) is 5.06 Å². The summed E-state index contributed by atoms with van der Waals surface area (Å²) in [4.78, 5) is 17.3. The SMILES string of the molecule is CC(C)(C)C(=O)ON1CCC(S(=O)(=O)c2ccc(F)cc2)CC1. The smallest absolute Gasteiger partial charge is 0.330 e. The minimum absolute atomic E-state index is 0.129. The summed E-state index contributed by atoms with van der Waals surface area (Å²) in [5, 5.41) is 0.974. The highest BCUT2D eigenvalue weighted by Crippen LogP contribution is 2.26. The number of sulfone groups is 1. The lowest BCUT2D eigenvalue weighted by Crippen LogP contribution is -2.42. The molecule has 1 aromatic rings. The van der Waals surface area contributed by atoms with Crippen molar-refractivity contribution in [2.45, 2.75) is 43.8 Å². The van der Waals surface area contributed by atoms with Crippen molar-refractivity contribution in [2.24, 2.45) is 5.41 Å². The van der Waals surface area contributed by atoms with E-state index in [0.717, 1.165) is 12.1 Å². The molecule has 0 N–H and O–H groups in total. The van der Waals surface area contributed by atoms with Crippen molar-refractivity contribution in [2.75, 3.05) is 13.1 Å². The van der Waals surface area contributed by atoms with Crippen molar-refractivity contribution in [1.29, 1.82) is 0 Å². The van der Waals surface area contributed by atoms with Crippen LogP contribution in [0, 0.1) is 11.2 Å². The molecule has 1 aliphatic rings. The number of rotatable bonds is 3. The second-order valence-electron chi connectivity index (χ2n) is 6.76. The van der Waals surface area contributed by atoms with Crippen LogP contribution in [0.15, 0.2) is 29.2 Å². The van der Waals surface area contributed by atoms with Crippen LogP contribution in [0.5, 0.6) is 0 Å². The van der Waals surface area contributed by atoms with E-state index in [-0.39, 0.29) is 10.9 Å². The average molecular weight is 343 g/mol. The van der Waals surface area contributed by atoms with Gasteiger partial charge in [0.2, 0.25) is 0 Å². The monoisotopic (exact) mass is 343 g/mol. The third-order valence-corrected chi connectivity index (χ3v) is 6.08. The topological polar surface area (TPSA) is 63.7 Å². The van der Waals surface area contributed by atoms with E-state index < -0.39 is 26.3 Å². The van der Waals surface area contributed by atoms with Crippen LogP contribution in [-0.4, -0.2) is 37.8 Å². The lowest BCUT2D eigenvalue weighted by Gasteiger charge is -2.31. The predicted octanol–water partition coefficient (Wildman–Crippen LogP) is 2.57. The molecule has 0 bridgehead atoms. The van der Waals surface area contributed by atoms with Crippen molar-refractivity contribution in [3.05, 3.63) is 30.1 Å². The van der Waals surface area contributed by atoms with Crippen molar-refractivity contribution < 1.29 is 22.4 Å². The van der Waals surface area contributed by atoms with Crippen LogP contribution in [0.3, 0.4) is 0 Å². The number of piperidine rings is 1. The molecule has 23 heavy (non-hydrogen) atoms. The Morgan fingerprint density at radius 2 is 1.70 bits per heavy atom. The third-order valence-electron chi connectivity index (χ3n) is 3.81. The lowest BCUT2D eigenvalue weighted by molar-refractivity contribution is -0.203. The van der Waals surface area contributed by atoms with E-state index in [0.29, 0.717) is 25.9 Å². The Morgan fingerprint density at radius 3 is 2.17 bits per heavy atom. The maximum Gasteiger partial charge on any atom is 0.330 e. The molecule has 128 valence electrons. The number of halogens is 1. The Hall–Kier alpha value is -1.47. The second-order valence-corrected chi connectivity index (χ2v) is 8.98. The Kier molecular flexibility index (Phi) is 5.10. The molecule has 0 unspecified atom stereocenters. The van der Waals surface area contributed by atoms with Gasteiger partial charge in [-0.3, -0.25) is 0 Å². The van der Waals surface area contributed by atoms with Crippen LogP contribution in [0.2, 0.25) is 0 Å². The fraction of sp³-hybridized carbons (Fsp3) is 0.562. The molecule has 0 saturated carbocycles. The number of nitrogens with zero attached hydrogens (tertiary/aromatic N) is 1. The summed E-state index contributed by atoms with van der Waals surface area (Å²) in [5.41, 5.74) is -0.600. The standard InChI is InChI=1S/C16H22FNO4S/c1-16(2,3)15(19)22-18-10-8-14(9-11-18)23(20,21)13-6-4-12(17)5-7-13/h4-7,14H,8-11H2,1-3H3. The average Bonchev–Trinajstić information content (AvgIpc) is 2.47. The molecule has 0 radical (unpaired) electrons. The number of benzene rings is 1. The molecule has 7 heteroatoms. The Bertz CT molecular complexity index is 656. The molecule has 1 heterocycles. The molecular formula is C16H22FNO4S. The minimum Gasteiger partial charge on any atom is -0.367 e. The molecule has 1 aromatic carbocycles. The van der Waals surface area contributed by atoms with Crippen LogP contribution in [0.25, 0.3) is 0 Å². The maximum absolute atomic E-state index is 12.9. The molecule has 1 saturated heterocycles. The largest absolute Gasteiger partial charge is 0.367 e.